The molecule has 2 atom stereocenters. The first kappa shape index (κ1) is 15.3. The van der Waals surface area contributed by atoms with Crippen LogP contribution in [0.25, 0.3) is 0 Å². The Kier molecular flexibility index (Phi) is 6.54. The average Bonchev–Trinajstić information content (AvgIpc) is 2.35. The van der Waals surface area contributed by atoms with Gasteiger partial charge in [-0.15, -0.1) is 0 Å². The number of likely N-dealkylation sites (N-methyl/N-ethyl adjacent to an activating group) is 1. The highest BCUT2D eigenvalue weighted by Gasteiger charge is 2.15. The van der Waals surface area contributed by atoms with Gasteiger partial charge < -0.3 is 15.7 Å². The molecule has 0 aromatic heterocycles. The summed E-state index contributed by atoms with van der Waals surface area (Å²) < 4.78 is 0. The van der Waals surface area contributed by atoms with Crippen molar-refractivity contribution in [3.63, 3.8) is 0 Å². The summed E-state index contributed by atoms with van der Waals surface area (Å²) in [4.78, 5) is 2.20. The minimum absolute atomic E-state index is 0.477. The summed E-state index contributed by atoms with van der Waals surface area (Å²) in [5, 5.41) is 10.2. The normalized spacial score (nSPS) is 14.7. The van der Waals surface area contributed by atoms with E-state index >= 15 is 0 Å². The first-order valence-electron chi connectivity index (χ1n) is 6.27. The van der Waals surface area contributed by atoms with E-state index in [9.17, 15) is 5.11 Å². The SMILES string of the molecule is CSCCC(C)N(C)CC(O)c1cccc(N)c1. The Bertz CT molecular complexity index is 359. The van der Waals surface area contributed by atoms with E-state index in [0.29, 0.717) is 18.3 Å². The van der Waals surface area contributed by atoms with Gasteiger partial charge in [0, 0.05) is 18.3 Å². The summed E-state index contributed by atoms with van der Waals surface area (Å²) in [5.74, 6) is 1.15. The number of aliphatic hydroxyl groups is 1. The molecule has 0 aliphatic carbocycles. The van der Waals surface area contributed by atoms with Crippen molar-refractivity contribution in [1.29, 1.82) is 0 Å². The van der Waals surface area contributed by atoms with Gasteiger partial charge in [0.2, 0.25) is 0 Å². The van der Waals surface area contributed by atoms with Crippen LogP contribution in [0.1, 0.15) is 25.0 Å². The van der Waals surface area contributed by atoms with E-state index in [-0.39, 0.29) is 0 Å². The lowest BCUT2D eigenvalue weighted by atomic mass is 10.1. The van der Waals surface area contributed by atoms with E-state index in [1.165, 1.54) is 0 Å². The number of hydrogen-bond donors (Lipinski definition) is 2. The molecule has 1 rings (SSSR count). The van der Waals surface area contributed by atoms with Gasteiger partial charge in [0.15, 0.2) is 0 Å². The molecule has 0 spiro atoms. The third kappa shape index (κ3) is 4.88. The van der Waals surface area contributed by atoms with Crippen LogP contribution in [0.4, 0.5) is 5.69 Å². The fourth-order valence-electron chi connectivity index (χ4n) is 1.83. The molecule has 3 N–H and O–H groups in total. The van der Waals surface area contributed by atoms with Crippen LogP contribution in [-0.4, -0.2) is 41.6 Å². The van der Waals surface area contributed by atoms with Gasteiger partial charge in [-0.05, 0) is 50.1 Å². The number of aliphatic hydroxyl groups excluding tert-OH is 1. The minimum Gasteiger partial charge on any atom is -0.399 e. The van der Waals surface area contributed by atoms with Crippen molar-refractivity contribution in [3.05, 3.63) is 29.8 Å². The van der Waals surface area contributed by atoms with Crippen molar-refractivity contribution in [2.75, 3.05) is 31.3 Å². The van der Waals surface area contributed by atoms with E-state index in [4.69, 9.17) is 5.73 Å². The van der Waals surface area contributed by atoms with Crippen LogP contribution in [-0.2, 0) is 0 Å². The van der Waals surface area contributed by atoms with E-state index in [1.54, 1.807) is 0 Å². The second-order valence-corrected chi connectivity index (χ2v) is 5.74. The summed E-state index contributed by atoms with van der Waals surface area (Å²) in [6.07, 6.45) is 2.78. The summed E-state index contributed by atoms with van der Waals surface area (Å²) in [7, 11) is 2.06. The molecule has 0 saturated carbocycles. The van der Waals surface area contributed by atoms with Gasteiger partial charge in [0.25, 0.3) is 0 Å². The Hall–Kier alpha value is -0.710. The molecule has 2 unspecified atom stereocenters. The maximum atomic E-state index is 10.2. The van der Waals surface area contributed by atoms with Gasteiger partial charge in [-0.3, -0.25) is 0 Å². The highest BCUT2D eigenvalue weighted by atomic mass is 32.2. The molecule has 18 heavy (non-hydrogen) atoms. The first-order chi connectivity index (χ1) is 8.54. The third-order valence-corrected chi connectivity index (χ3v) is 3.89. The molecule has 0 aliphatic heterocycles. The molecular weight excluding hydrogens is 244 g/mol. The van der Waals surface area contributed by atoms with Crippen LogP contribution in [0.15, 0.2) is 24.3 Å². The lowest BCUT2D eigenvalue weighted by Gasteiger charge is -2.27. The van der Waals surface area contributed by atoms with Crippen LogP contribution >= 0.6 is 11.8 Å². The van der Waals surface area contributed by atoms with Crippen molar-refractivity contribution in [2.45, 2.75) is 25.5 Å². The van der Waals surface area contributed by atoms with Gasteiger partial charge in [-0.2, -0.15) is 11.8 Å². The quantitative estimate of drug-likeness (QED) is 0.746. The monoisotopic (exact) mass is 268 g/mol. The summed E-state index contributed by atoms with van der Waals surface area (Å²) in [5.41, 5.74) is 7.31. The Morgan fingerprint density at radius 3 is 2.78 bits per heavy atom. The number of nitrogens with zero attached hydrogens (tertiary/aromatic N) is 1. The zero-order valence-electron chi connectivity index (χ0n) is 11.5. The highest BCUT2D eigenvalue weighted by Crippen LogP contribution is 2.18. The zero-order chi connectivity index (χ0) is 13.5. The van der Waals surface area contributed by atoms with E-state index < -0.39 is 6.10 Å². The standard InChI is InChI=1S/C14H24N2OS/c1-11(7-8-18-3)16(2)10-14(17)12-5-4-6-13(15)9-12/h4-6,9,11,14,17H,7-8,10,15H2,1-3H3. The molecule has 0 radical (unpaired) electrons. The van der Waals surface area contributed by atoms with E-state index in [1.807, 2.05) is 36.0 Å². The molecular formula is C14H24N2OS. The molecule has 1 aromatic rings. The molecule has 4 heteroatoms. The Morgan fingerprint density at radius 1 is 1.44 bits per heavy atom. The molecule has 1 aromatic carbocycles. The molecule has 102 valence electrons. The van der Waals surface area contributed by atoms with E-state index in [0.717, 1.165) is 17.7 Å². The molecule has 0 saturated heterocycles. The van der Waals surface area contributed by atoms with Crippen LogP contribution in [0.3, 0.4) is 0 Å². The molecule has 0 fully saturated rings. The number of thioether (sulfide) groups is 1. The number of hydrogen-bond acceptors (Lipinski definition) is 4. The fourth-order valence-corrected chi connectivity index (χ4v) is 2.41. The largest absolute Gasteiger partial charge is 0.399 e. The van der Waals surface area contributed by atoms with Gasteiger partial charge >= 0.3 is 0 Å². The van der Waals surface area contributed by atoms with Crippen LogP contribution in [0, 0.1) is 0 Å². The van der Waals surface area contributed by atoms with Crippen molar-refractivity contribution < 1.29 is 5.11 Å². The Balaban J connectivity index is 2.51. The van der Waals surface area contributed by atoms with Gasteiger partial charge in [0.05, 0.1) is 6.10 Å². The van der Waals surface area contributed by atoms with Gasteiger partial charge in [-0.25, -0.2) is 0 Å². The molecule has 0 heterocycles. The first-order valence-corrected chi connectivity index (χ1v) is 7.66. The van der Waals surface area contributed by atoms with Crippen LogP contribution < -0.4 is 5.73 Å². The highest BCUT2D eigenvalue weighted by molar-refractivity contribution is 7.98. The van der Waals surface area contributed by atoms with Crippen molar-refractivity contribution in [1.82, 2.24) is 4.90 Å². The predicted molar refractivity (Wildman–Crippen MR) is 80.9 cm³/mol. The fraction of sp³-hybridized carbons (Fsp3) is 0.571. The number of rotatable bonds is 7. The smallest absolute Gasteiger partial charge is 0.0917 e. The second kappa shape index (κ2) is 7.67. The molecule has 0 amide bonds. The zero-order valence-corrected chi connectivity index (χ0v) is 12.3. The third-order valence-electron chi connectivity index (χ3n) is 3.25. The summed E-state index contributed by atoms with van der Waals surface area (Å²) in [6.45, 7) is 2.83. The molecule has 0 aliphatic rings. The van der Waals surface area contributed by atoms with Crippen molar-refractivity contribution in [3.8, 4) is 0 Å². The lowest BCUT2D eigenvalue weighted by Crippen LogP contribution is -2.33. The maximum Gasteiger partial charge on any atom is 0.0917 e. The van der Waals surface area contributed by atoms with Crippen molar-refractivity contribution >= 4 is 17.4 Å². The Labute approximate surface area is 114 Å². The number of nitrogens with two attached hydrogens (primary N) is 1. The van der Waals surface area contributed by atoms with Crippen LogP contribution in [0.2, 0.25) is 0 Å². The van der Waals surface area contributed by atoms with Crippen LogP contribution in [0.5, 0.6) is 0 Å². The van der Waals surface area contributed by atoms with E-state index in [2.05, 4.69) is 25.1 Å². The number of benzene rings is 1. The van der Waals surface area contributed by atoms with Crippen molar-refractivity contribution in [2.24, 2.45) is 0 Å². The van der Waals surface area contributed by atoms with Gasteiger partial charge in [0.1, 0.15) is 0 Å². The van der Waals surface area contributed by atoms with Gasteiger partial charge in [-0.1, -0.05) is 12.1 Å². The summed E-state index contributed by atoms with van der Waals surface area (Å²) >= 11 is 1.86. The Morgan fingerprint density at radius 2 is 2.17 bits per heavy atom. The molecule has 3 nitrogen and oxygen atoms in total. The number of nitrogen functional groups attached to an aromatic ring is 1. The average molecular weight is 268 g/mol. The maximum absolute atomic E-state index is 10.2. The topological polar surface area (TPSA) is 49.5 Å². The number of anilines is 1. The molecule has 0 bridgehead atoms. The minimum atomic E-state index is -0.477. The second-order valence-electron chi connectivity index (χ2n) is 4.76. The predicted octanol–water partition coefficient (Wildman–Crippen LogP) is 2.38. The summed E-state index contributed by atoms with van der Waals surface area (Å²) in [6, 6.07) is 7.95. The lowest BCUT2D eigenvalue weighted by molar-refractivity contribution is 0.107.